The average molecular weight is 206 g/mol. The molecule has 1 rings (SSSR count). The minimum absolute atomic E-state index is 0.0319. The molecule has 1 saturated heterocycles. The van der Waals surface area contributed by atoms with E-state index >= 15 is 0 Å². The Labute approximate surface area is 82.2 Å². The van der Waals surface area contributed by atoms with Crippen molar-refractivity contribution in [2.75, 3.05) is 19.6 Å². The van der Waals surface area contributed by atoms with Crippen LogP contribution in [0, 0.1) is 5.41 Å². The highest BCUT2D eigenvalue weighted by Gasteiger charge is 2.28. The number of carbonyl (C=O) groups excluding carboxylic acids is 1. The number of hydrogen-bond donors (Lipinski definition) is 2. The number of rotatable bonds is 3. The highest BCUT2D eigenvalue weighted by atomic mass is 19.3. The molecule has 1 aliphatic rings. The first-order valence-corrected chi connectivity index (χ1v) is 4.80. The zero-order chi connectivity index (χ0) is 10.6. The fraction of sp³-hybridized carbons (Fsp3) is 0.889. The fourth-order valence-corrected chi connectivity index (χ4v) is 1.58. The van der Waals surface area contributed by atoms with Crippen LogP contribution in [0.3, 0.4) is 0 Å². The van der Waals surface area contributed by atoms with E-state index in [1.165, 1.54) is 0 Å². The molecule has 5 heteroatoms. The van der Waals surface area contributed by atoms with E-state index in [9.17, 15) is 13.6 Å². The van der Waals surface area contributed by atoms with Crippen molar-refractivity contribution < 1.29 is 13.6 Å². The summed E-state index contributed by atoms with van der Waals surface area (Å²) in [6.45, 7) is 4.14. The van der Waals surface area contributed by atoms with E-state index in [0.29, 0.717) is 6.54 Å². The quantitative estimate of drug-likeness (QED) is 0.715. The largest absolute Gasteiger partial charge is 0.351 e. The molecule has 0 bridgehead atoms. The van der Waals surface area contributed by atoms with Gasteiger partial charge in [-0.25, -0.2) is 0 Å². The number of alkyl halides is 2. The highest BCUT2D eigenvalue weighted by molar-refractivity contribution is 5.79. The van der Waals surface area contributed by atoms with Gasteiger partial charge in [0.05, 0.1) is 0 Å². The lowest BCUT2D eigenvalue weighted by atomic mass is 9.81. The van der Waals surface area contributed by atoms with Gasteiger partial charge in [0.1, 0.15) is 0 Å². The second-order valence-corrected chi connectivity index (χ2v) is 4.08. The van der Waals surface area contributed by atoms with Crippen LogP contribution in [0.1, 0.15) is 19.8 Å². The molecule has 0 aromatic rings. The van der Waals surface area contributed by atoms with Gasteiger partial charge in [-0.1, -0.05) is 6.92 Å². The molecule has 1 heterocycles. The van der Waals surface area contributed by atoms with Crippen molar-refractivity contribution in [1.82, 2.24) is 10.6 Å². The summed E-state index contributed by atoms with van der Waals surface area (Å²) in [4.78, 5) is 10.7. The van der Waals surface area contributed by atoms with E-state index in [2.05, 4.69) is 10.6 Å². The standard InChI is InChI=1S/C9H16F2N2O/c1-9(2-4-12-5-3-9)6-13-8(14)7(10)11/h7,12H,2-6H2,1H3,(H,13,14). The second kappa shape index (κ2) is 4.68. The number of amides is 1. The van der Waals surface area contributed by atoms with Crippen LogP contribution in [0.2, 0.25) is 0 Å². The molecular formula is C9H16F2N2O. The lowest BCUT2D eigenvalue weighted by Crippen LogP contribution is -2.44. The maximum Gasteiger partial charge on any atom is 0.315 e. The topological polar surface area (TPSA) is 41.1 Å². The zero-order valence-electron chi connectivity index (χ0n) is 8.28. The van der Waals surface area contributed by atoms with Gasteiger partial charge in [-0.3, -0.25) is 4.79 Å². The molecule has 14 heavy (non-hydrogen) atoms. The first-order valence-electron chi connectivity index (χ1n) is 4.80. The molecule has 1 aliphatic heterocycles. The molecule has 0 aromatic carbocycles. The van der Waals surface area contributed by atoms with E-state index in [1.54, 1.807) is 0 Å². The maximum atomic E-state index is 11.9. The Morgan fingerprint density at radius 3 is 2.57 bits per heavy atom. The summed E-state index contributed by atoms with van der Waals surface area (Å²) in [7, 11) is 0. The molecule has 3 nitrogen and oxygen atoms in total. The Bertz CT molecular complexity index is 203. The molecule has 1 fully saturated rings. The van der Waals surface area contributed by atoms with Crippen molar-refractivity contribution in [2.45, 2.75) is 26.2 Å². The van der Waals surface area contributed by atoms with Crippen molar-refractivity contribution in [3.05, 3.63) is 0 Å². The smallest absolute Gasteiger partial charge is 0.315 e. The third-order valence-electron chi connectivity index (χ3n) is 2.70. The zero-order valence-corrected chi connectivity index (χ0v) is 8.28. The number of halogens is 2. The molecule has 0 spiro atoms. The van der Waals surface area contributed by atoms with E-state index in [1.807, 2.05) is 6.92 Å². The van der Waals surface area contributed by atoms with Crippen molar-refractivity contribution in [3.8, 4) is 0 Å². The van der Waals surface area contributed by atoms with Gasteiger partial charge in [0.2, 0.25) is 0 Å². The molecule has 0 aliphatic carbocycles. The van der Waals surface area contributed by atoms with Gasteiger partial charge in [0, 0.05) is 6.54 Å². The first kappa shape index (κ1) is 11.4. The number of hydrogen-bond acceptors (Lipinski definition) is 2. The minimum atomic E-state index is -2.90. The lowest BCUT2D eigenvalue weighted by Gasteiger charge is -2.34. The molecule has 82 valence electrons. The molecule has 1 amide bonds. The van der Waals surface area contributed by atoms with Gasteiger partial charge in [-0.2, -0.15) is 8.78 Å². The summed E-state index contributed by atoms with van der Waals surface area (Å²) in [5.41, 5.74) is -0.0319. The van der Waals surface area contributed by atoms with Gasteiger partial charge in [0.25, 0.3) is 5.91 Å². The Morgan fingerprint density at radius 2 is 2.07 bits per heavy atom. The van der Waals surface area contributed by atoms with Crippen LogP contribution in [0.25, 0.3) is 0 Å². The van der Waals surface area contributed by atoms with Crippen LogP contribution in [-0.4, -0.2) is 32.0 Å². The SMILES string of the molecule is CC1(CNC(=O)C(F)F)CCNCC1. The molecule has 0 aromatic heterocycles. The average Bonchev–Trinajstić information content (AvgIpc) is 2.15. The van der Waals surface area contributed by atoms with Crippen LogP contribution < -0.4 is 10.6 Å². The Balaban J connectivity index is 2.32. The predicted molar refractivity (Wildman–Crippen MR) is 49.2 cm³/mol. The number of carbonyl (C=O) groups is 1. The van der Waals surface area contributed by atoms with Crippen LogP contribution >= 0.6 is 0 Å². The van der Waals surface area contributed by atoms with Gasteiger partial charge >= 0.3 is 6.43 Å². The van der Waals surface area contributed by atoms with Gasteiger partial charge in [-0.15, -0.1) is 0 Å². The number of piperidine rings is 1. The normalized spacial score (nSPS) is 20.9. The summed E-state index contributed by atoms with van der Waals surface area (Å²) in [5, 5.41) is 5.47. The van der Waals surface area contributed by atoms with E-state index in [4.69, 9.17) is 0 Å². The monoisotopic (exact) mass is 206 g/mol. The van der Waals surface area contributed by atoms with Crippen molar-refractivity contribution in [1.29, 1.82) is 0 Å². The summed E-state index contributed by atoms with van der Waals surface area (Å²) in [5.74, 6) is -1.16. The molecule has 0 saturated carbocycles. The van der Waals surface area contributed by atoms with Gasteiger partial charge < -0.3 is 10.6 Å². The van der Waals surface area contributed by atoms with Crippen LogP contribution in [-0.2, 0) is 4.79 Å². The van der Waals surface area contributed by atoms with Crippen molar-refractivity contribution >= 4 is 5.91 Å². The Morgan fingerprint density at radius 1 is 1.50 bits per heavy atom. The molecule has 0 radical (unpaired) electrons. The molecular weight excluding hydrogens is 190 g/mol. The summed E-state index contributed by atoms with van der Waals surface area (Å²) >= 11 is 0. The second-order valence-electron chi connectivity index (χ2n) is 4.08. The summed E-state index contributed by atoms with van der Waals surface area (Å²) in [6.07, 6.45) is -1.08. The van der Waals surface area contributed by atoms with E-state index in [0.717, 1.165) is 25.9 Å². The van der Waals surface area contributed by atoms with Gasteiger partial charge in [-0.05, 0) is 31.3 Å². The highest BCUT2D eigenvalue weighted by Crippen LogP contribution is 2.26. The Hall–Kier alpha value is -0.710. The maximum absolute atomic E-state index is 11.9. The van der Waals surface area contributed by atoms with Crippen molar-refractivity contribution in [3.63, 3.8) is 0 Å². The van der Waals surface area contributed by atoms with Crippen LogP contribution in [0.4, 0.5) is 8.78 Å². The molecule has 2 N–H and O–H groups in total. The Kier molecular flexibility index (Phi) is 3.80. The third kappa shape index (κ3) is 3.21. The predicted octanol–water partition coefficient (Wildman–Crippen LogP) is 0.757. The molecule has 0 unspecified atom stereocenters. The fourth-order valence-electron chi connectivity index (χ4n) is 1.58. The minimum Gasteiger partial charge on any atom is -0.351 e. The number of nitrogens with one attached hydrogen (secondary N) is 2. The first-order chi connectivity index (χ1) is 6.53. The van der Waals surface area contributed by atoms with Crippen molar-refractivity contribution in [2.24, 2.45) is 5.41 Å². The van der Waals surface area contributed by atoms with Gasteiger partial charge in [0.15, 0.2) is 0 Å². The van der Waals surface area contributed by atoms with E-state index < -0.39 is 12.3 Å². The summed E-state index contributed by atoms with van der Waals surface area (Å²) in [6, 6.07) is 0. The van der Waals surface area contributed by atoms with Crippen LogP contribution in [0.5, 0.6) is 0 Å². The van der Waals surface area contributed by atoms with E-state index in [-0.39, 0.29) is 5.41 Å². The summed E-state index contributed by atoms with van der Waals surface area (Å²) < 4.78 is 23.8. The third-order valence-corrected chi connectivity index (χ3v) is 2.70. The molecule has 0 atom stereocenters. The van der Waals surface area contributed by atoms with Crippen LogP contribution in [0.15, 0.2) is 0 Å². The lowest BCUT2D eigenvalue weighted by molar-refractivity contribution is -0.132.